The summed E-state index contributed by atoms with van der Waals surface area (Å²) in [5.74, 6) is -0.0528. The van der Waals surface area contributed by atoms with E-state index in [9.17, 15) is 19.8 Å². The second-order valence-electron chi connectivity index (χ2n) is 25.3. The SMILES string of the molecule is CCCCCC/C=C\CCCCCCCC(=O)OCCCCCCCCCCCCCC/C=C\CCCCCCCCCCCCCCCCCCC(=O)NC(CO)C(O)/C=C/CCCCCCCCCCCCCCCCCCC. The van der Waals surface area contributed by atoms with Gasteiger partial charge in [0.15, 0.2) is 0 Å². The zero-order valence-corrected chi connectivity index (χ0v) is 54.8. The van der Waals surface area contributed by atoms with Crippen molar-refractivity contribution in [2.75, 3.05) is 13.2 Å². The van der Waals surface area contributed by atoms with Crippen molar-refractivity contribution >= 4 is 11.9 Å². The Balaban J connectivity index is 3.38. The third kappa shape index (κ3) is 67.1. The van der Waals surface area contributed by atoms with E-state index in [1.165, 1.54) is 334 Å². The van der Waals surface area contributed by atoms with Crippen LogP contribution >= 0.6 is 0 Å². The molecular formula is C75H143NO5. The van der Waals surface area contributed by atoms with Crippen molar-refractivity contribution < 1.29 is 24.5 Å². The highest BCUT2D eigenvalue weighted by molar-refractivity contribution is 5.76. The van der Waals surface area contributed by atoms with E-state index in [0.29, 0.717) is 19.4 Å². The molecule has 478 valence electrons. The van der Waals surface area contributed by atoms with E-state index in [-0.39, 0.29) is 18.5 Å². The molecule has 0 fully saturated rings. The van der Waals surface area contributed by atoms with E-state index in [2.05, 4.69) is 43.5 Å². The molecule has 2 atom stereocenters. The van der Waals surface area contributed by atoms with Gasteiger partial charge >= 0.3 is 5.97 Å². The molecule has 0 heterocycles. The second-order valence-corrected chi connectivity index (χ2v) is 25.3. The molecule has 0 aliphatic rings. The molecule has 0 aliphatic carbocycles. The summed E-state index contributed by atoms with van der Waals surface area (Å²) in [6.45, 7) is 4.92. The average molecular weight is 1140 g/mol. The van der Waals surface area contributed by atoms with Gasteiger partial charge in [0.2, 0.25) is 5.91 Å². The van der Waals surface area contributed by atoms with Crippen LogP contribution in [-0.2, 0) is 14.3 Å². The topological polar surface area (TPSA) is 95.9 Å². The number of aliphatic hydroxyl groups excluding tert-OH is 2. The summed E-state index contributed by atoms with van der Waals surface area (Å²) in [6.07, 6.45) is 91.0. The number of rotatable bonds is 69. The summed E-state index contributed by atoms with van der Waals surface area (Å²) in [4.78, 5) is 24.6. The first-order valence-corrected chi connectivity index (χ1v) is 36.8. The number of carbonyl (C=O) groups excluding carboxylic acids is 2. The maximum Gasteiger partial charge on any atom is 0.305 e. The minimum absolute atomic E-state index is 0.00904. The third-order valence-electron chi connectivity index (χ3n) is 17.1. The Kier molecular flexibility index (Phi) is 68.9. The van der Waals surface area contributed by atoms with Crippen LogP contribution in [0.3, 0.4) is 0 Å². The summed E-state index contributed by atoms with van der Waals surface area (Å²) < 4.78 is 5.48. The smallest absolute Gasteiger partial charge is 0.305 e. The van der Waals surface area contributed by atoms with Crippen LogP contribution in [0.1, 0.15) is 406 Å². The largest absolute Gasteiger partial charge is 0.466 e. The van der Waals surface area contributed by atoms with Crippen LogP contribution in [0.2, 0.25) is 0 Å². The van der Waals surface area contributed by atoms with Gasteiger partial charge in [0.25, 0.3) is 0 Å². The number of amides is 1. The number of allylic oxidation sites excluding steroid dienone is 5. The molecule has 0 aromatic carbocycles. The summed E-state index contributed by atoms with van der Waals surface area (Å²) >= 11 is 0. The maximum atomic E-state index is 12.5. The van der Waals surface area contributed by atoms with E-state index in [4.69, 9.17) is 4.74 Å². The molecule has 0 aliphatic heterocycles. The Morgan fingerprint density at radius 2 is 0.580 bits per heavy atom. The van der Waals surface area contributed by atoms with Crippen molar-refractivity contribution in [2.24, 2.45) is 0 Å². The predicted octanol–water partition coefficient (Wildman–Crippen LogP) is 23.9. The van der Waals surface area contributed by atoms with Crippen LogP contribution in [0.5, 0.6) is 0 Å². The second kappa shape index (κ2) is 70.6. The fraction of sp³-hybridized carbons (Fsp3) is 0.893. The number of carbonyl (C=O) groups is 2. The molecule has 6 heteroatoms. The summed E-state index contributed by atoms with van der Waals surface area (Å²) in [7, 11) is 0. The van der Waals surface area contributed by atoms with Crippen molar-refractivity contribution in [3.8, 4) is 0 Å². The van der Waals surface area contributed by atoms with Crippen LogP contribution in [-0.4, -0.2) is 47.4 Å². The number of hydrogen-bond acceptors (Lipinski definition) is 5. The minimum Gasteiger partial charge on any atom is -0.466 e. The van der Waals surface area contributed by atoms with Gasteiger partial charge in [0, 0.05) is 12.8 Å². The zero-order chi connectivity index (χ0) is 58.5. The van der Waals surface area contributed by atoms with Crippen LogP contribution in [0.4, 0.5) is 0 Å². The fourth-order valence-electron chi connectivity index (χ4n) is 11.5. The number of esters is 1. The van der Waals surface area contributed by atoms with Gasteiger partial charge in [0.05, 0.1) is 25.4 Å². The highest BCUT2D eigenvalue weighted by Gasteiger charge is 2.18. The lowest BCUT2D eigenvalue weighted by atomic mass is 10.0. The molecule has 0 saturated heterocycles. The number of ether oxygens (including phenoxy) is 1. The fourth-order valence-corrected chi connectivity index (χ4v) is 11.5. The first-order valence-electron chi connectivity index (χ1n) is 36.8. The Morgan fingerprint density at radius 3 is 0.889 bits per heavy atom. The van der Waals surface area contributed by atoms with Crippen LogP contribution in [0, 0.1) is 0 Å². The Morgan fingerprint density at radius 1 is 0.333 bits per heavy atom. The Hall–Kier alpha value is -1.92. The van der Waals surface area contributed by atoms with Gasteiger partial charge < -0.3 is 20.3 Å². The molecule has 0 aromatic heterocycles. The number of unbranched alkanes of at least 4 members (excludes halogenated alkanes) is 54. The van der Waals surface area contributed by atoms with Gasteiger partial charge in [-0.3, -0.25) is 9.59 Å². The van der Waals surface area contributed by atoms with E-state index >= 15 is 0 Å². The molecule has 0 rings (SSSR count). The van der Waals surface area contributed by atoms with Gasteiger partial charge in [-0.1, -0.05) is 346 Å². The first-order chi connectivity index (χ1) is 40.0. The highest BCUT2D eigenvalue weighted by Crippen LogP contribution is 2.19. The van der Waals surface area contributed by atoms with Gasteiger partial charge in [-0.25, -0.2) is 0 Å². The van der Waals surface area contributed by atoms with Crippen LogP contribution in [0.15, 0.2) is 36.5 Å². The lowest BCUT2D eigenvalue weighted by Gasteiger charge is -2.20. The molecule has 3 N–H and O–H groups in total. The molecule has 0 saturated carbocycles. The molecule has 0 aromatic rings. The monoisotopic (exact) mass is 1140 g/mol. The molecule has 6 nitrogen and oxygen atoms in total. The zero-order valence-electron chi connectivity index (χ0n) is 54.8. The Labute approximate surface area is 506 Å². The van der Waals surface area contributed by atoms with Gasteiger partial charge in [-0.05, 0) is 83.5 Å². The number of aliphatic hydroxyl groups is 2. The van der Waals surface area contributed by atoms with Crippen LogP contribution in [0.25, 0.3) is 0 Å². The van der Waals surface area contributed by atoms with E-state index in [1.807, 2.05) is 6.08 Å². The predicted molar refractivity (Wildman–Crippen MR) is 356 cm³/mol. The lowest BCUT2D eigenvalue weighted by Crippen LogP contribution is -2.45. The maximum absolute atomic E-state index is 12.5. The van der Waals surface area contributed by atoms with Crippen molar-refractivity contribution in [3.63, 3.8) is 0 Å². The van der Waals surface area contributed by atoms with Crippen molar-refractivity contribution in [3.05, 3.63) is 36.5 Å². The molecule has 0 spiro atoms. The third-order valence-corrected chi connectivity index (χ3v) is 17.1. The molecule has 2 unspecified atom stereocenters. The van der Waals surface area contributed by atoms with E-state index < -0.39 is 12.1 Å². The van der Waals surface area contributed by atoms with Gasteiger partial charge in [-0.15, -0.1) is 0 Å². The standard InChI is InChI=1S/C75H143NO5/c1-3-5-7-9-11-13-15-17-18-19-34-37-40-44-47-51-55-59-63-67-73(78)72(71-77)76-74(79)68-64-60-56-52-48-45-41-38-35-32-30-28-26-24-22-20-21-23-25-27-29-31-33-36-39-42-46-50-54-58-62-66-70-81-75(80)69-65-61-57-53-49-43-16-14-12-10-8-6-4-2/h14,16,23,25,63,67,72-73,77-78H,3-13,15,17-22,24,26-62,64-66,68-71H2,1-2H3,(H,76,79)/b16-14-,25-23-,67-63+. The van der Waals surface area contributed by atoms with E-state index in [0.717, 1.165) is 44.9 Å². The summed E-state index contributed by atoms with van der Waals surface area (Å²) in [5.41, 5.74) is 0. The first kappa shape index (κ1) is 79.1. The lowest BCUT2D eigenvalue weighted by molar-refractivity contribution is -0.143. The van der Waals surface area contributed by atoms with Crippen LogP contribution < -0.4 is 5.32 Å². The minimum atomic E-state index is -0.843. The van der Waals surface area contributed by atoms with Crippen molar-refractivity contribution in [2.45, 2.75) is 418 Å². The molecule has 0 radical (unpaired) electrons. The van der Waals surface area contributed by atoms with E-state index in [1.54, 1.807) is 6.08 Å². The van der Waals surface area contributed by atoms with Crippen molar-refractivity contribution in [1.29, 1.82) is 0 Å². The molecular weight excluding hydrogens is 995 g/mol. The van der Waals surface area contributed by atoms with Gasteiger partial charge in [-0.2, -0.15) is 0 Å². The molecule has 0 bridgehead atoms. The number of hydrogen-bond donors (Lipinski definition) is 3. The number of nitrogens with one attached hydrogen (secondary N) is 1. The molecule has 81 heavy (non-hydrogen) atoms. The highest BCUT2D eigenvalue weighted by atomic mass is 16.5. The van der Waals surface area contributed by atoms with Gasteiger partial charge in [0.1, 0.15) is 0 Å². The molecule has 1 amide bonds. The quantitative estimate of drug-likeness (QED) is 0.0320. The normalized spacial score (nSPS) is 12.7. The summed E-state index contributed by atoms with van der Waals surface area (Å²) in [5, 5.41) is 23.2. The Bertz CT molecular complexity index is 1310. The summed E-state index contributed by atoms with van der Waals surface area (Å²) in [6, 6.07) is -0.627. The average Bonchev–Trinajstić information content (AvgIpc) is 3.47. The van der Waals surface area contributed by atoms with Crippen molar-refractivity contribution in [1.82, 2.24) is 5.32 Å².